The van der Waals surface area contributed by atoms with Gasteiger partial charge in [-0.1, -0.05) is 66.9 Å². The van der Waals surface area contributed by atoms with Crippen LogP contribution >= 0.6 is 11.6 Å². The Kier molecular flexibility index (Phi) is 11.4. The van der Waals surface area contributed by atoms with Crippen molar-refractivity contribution in [2.24, 2.45) is 5.41 Å². The largest absolute Gasteiger partial charge is 0.484 e. The molecule has 10 nitrogen and oxygen atoms in total. The molecule has 2 N–H and O–H groups in total. The Morgan fingerprint density at radius 2 is 1.59 bits per heavy atom. The van der Waals surface area contributed by atoms with Gasteiger partial charge in [-0.15, -0.1) is 0 Å². The van der Waals surface area contributed by atoms with Crippen LogP contribution in [0.1, 0.15) is 70.2 Å². The first-order valence-corrected chi connectivity index (χ1v) is 17.1. The normalized spacial score (nSPS) is 19.0. The maximum atomic E-state index is 13.8. The maximum absolute atomic E-state index is 13.8. The lowest BCUT2D eigenvalue weighted by molar-refractivity contribution is -0.138. The van der Waals surface area contributed by atoms with Gasteiger partial charge < -0.3 is 20.3 Å². The number of nitrogens with zero attached hydrogens (tertiary/aromatic N) is 2. The minimum Gasteiger partial charge on any atom is -0.484 e. The molecule has 3 aromatic rings. The number of rotatable bonds is 13. The van der Waals surface area contributed by atoms with Gasteiger partial charge in [-0.05, 0) is 87.1 Å². The van der Waals surface area contributed by atoms with E-state index in [0.717, 1.165) is 18.4 Å². The highest BCUT2D eigenvalue weighted by Crippen LogP contribution is 2.42. The number of hydrogen-bond donors (Lipinski definition) is 2. The van der Waals surface area contributed by atoms with Crippen LogP contribution in [-0.4, -0.2) is 59.5 Å². The number of nitrogens with one attached hydrogen (secondary N) is 2. The number of carbonyl (C=O) groups is 5. The lowest BCUT2D eigenvalue weighted by atomic mass is 9.81. The molecule has 1 heterocycles. The molecular formula is C38H43ClN4O6. The van der Waals surface area contributed by atoms with Gasteiger partial charge in [0.05, 0.1) is 11.5 Å². The van der Waals surface area contributed by atoms with E-state index in [9.17, 15) is 24.0 Å². The summed E-state index contributed by atoms with van der Waals surface area (Å²) in [6, 6.07) is 21.8. The fourth-order valence-corrected chi connectivity index (χ4v) is 6.96. The Hall–Kier alpha value is -4.70. The van der Waals surface area contributed by atoms with Crippen molar-refractivity contribution in [3.63, 3.8) is 0 Å². The Balaban J connectivity index is 1.34. The second-order valence-corrected chi connectivity index (χ2v) is 13.4. The van der Waals surface area contributed by atoms with Crippen LogP contribution in [0.15, 0.2) is 78.9 Å². The Labute approximate surface area is 292 Å². The third-order valence-electron chi connectivity index (χ3n) is 9.55. The molecule has 0 bridgehead atoms. The first-order chi connectivity index (χ1) is 23.5. The van der Waals surface area contributed by atoms with Gasteiger partial charge in [0.2, 0.25) is 11.8 Å². The summed E-state index contributed by atoms with van der Waals surface area (Å²) in [6.07, 6.45) is 3.32. The lowest BCUT2D eigenvalue weighted by Crippen LogP contribution is -2.49. The number of anilines is 1. The van der Waals surface area contributed by atoms with E-state index in [0.29, 0.717) is 47.8 Å². The van der Waals surface area contributed by atoms with Gasteiger partial charge in [0.15, 0.2) is 12.4 Å². The van der Waals surface area contributed by atoms with Crippen LogP contribution in [0.2, 0.25) is 5.02 Å². The van der Waals surface area contributed by atoms with Crippen LogP contribution in [0.3, 0.4) is 0 Å². The van der Waals surface area contributed by atoms with Crippen LogP contribution < -0.4 is 20.3 Å². The zero-order valence-corrected chi connectivity index (χ0v) is 28.9. The molecule has 1 aliphatic heterocycles. The Morgan fingerprint density at radius 1 is 0.939 bits per heavy atom. The van der Waals surface area contributed by atoms with E-state index in [-0.39, 0.29) is 42.4 Å². The molecule has 1 saturated carbocycles. The Bertz CT molecular complexity index is 1660. The predicted molar refractivity (Wildman–Crippen MR) is 187 cm³/mol. The zero-order chi connectivity index (χ0) is 35.1. The van der Waals surface area contributed by atoms with Crippen molar-refractivity contribution in [2.45, 2.75) is 77.5 Å². The second kappa shape index (κ2) is 15.7. The third-order valence-corrected chi connectivity index (χ3v) is 9.80. The smallest absolute Gasteiger partial charge is 0.263 e. The quantitative estimate of drug-likeness (QED) is 0.249. The van der Waals surface area contributed by atoms with Crippen LogP contribution in [0.25, 0.3) is 0 Å². The van der Waals surface area contributed by atoms with Gasteiger partial charge in [-0.2, -0.15) is 0 Å². The predicted octanol–water partition coefficient (Wildman–Crippen LogP) is 5.38. The van der Waals surface area contributed by atoms with Crippen molar-refractivity contribution in [1.82, 2.24) is 15.5 Å². The molecule has 0 radical (unpaired) electrons. The number of Topliss-reactive ketones (excluding diaryl/α,β-unsaturated/α-hetero) is 1. The lowest BCUT2D eigenvalue weighted by Gasteiger charge is -2.31. The van der Waals surface area contributed by atoms with Crippen molar-refractivity contribution in [3.8, 4) is 5.75 Å². The average molecular weight is 687 g/mol. The molecule has 0 spiro atoms. The van der Waals surface area contributed by atoms with Crippen molar-refractivity contribution in [1.29, 1.82) is 0 Å². The van der Waals surface area contributed by atoms with E-state index in [1.165, 1.54) is 18.7 Å². The Morgan fingerprint density at radius 3 is 2.20 bits per heavy atom. The van der Waals surface area contributed by atoms with E-state index in [4.69, 9.17) is 16.3 Å². The molecule has 2 aliphatic rings. The number of halogens is 1. The first-order valence-electron chi connectivity index (χ1n) is 16.7. The SMILES string of the molecule is CC(=O)NCCC1(C(=O)NC(Cc2ccc(N3C(=O)C(C)N(C(=O)COc4ccccc4)C3c3ccc(Cl)cc3)cc2)C(C)=O)CCCC1. The summed E-state index contributed by atoms with van der Waals surface area (Å²) in [5, 5.41) is 6.33. The number of ether oxygens (including phenoxy) is 1. The van der Waals surface area contributed by atoms with Crippen LogP contribution in [-0.2, 0) is 30.4 Å². The molecule has 49 heavy (non-hydrogen) atoms. The number of hydrogen-bond acceptors (Lipinski definition) is 6. The molecular weight excluding hydrogens is 644 g/mol. The molecule has 3 unspecified atom stereocenters. The van der Waals surface area contributed by atoms with Crippen LogP contribution in [0, 0.1) is 5.41 Å². The molecule has 4 amide bonds. The topological polar surface area (TPSA) is 125 Å². The molecule has 11 heteroatoms. The number of benzene rings is 3. The maximum Gasteiger partial charge on any atom is 0.263 e. The number of carbonyl (C=O) groups excluding carboxylic acids is 5. The van der Waals surface area contributed by atoms with E-state index in [1.807, 2.05) is 30.3 Å². The van der Waals surface area contributed by atoms with Crippen molar-refractivity contribution < 1.29 is 28.7 Å². The van der Waals surface area contributed by atoms with E-state index in [1.54, 1.807) is 60.4 Å². The van der Waals surface area contributed by atoms with Gasteiger partial charge in [0.25, 0.3) is 11.8 Å². The van der Waals surface area contributed by atoms with E-state index >= 15 is 0 Å². The second-order valence-electron chi connectivity index (χ2n) is 12.9. The standard InChI is InChI=1S/C38H43ClN4O6/c1-25-36(47)43(35(29-13-15-30(39)16-14-29)42(25)34(46)24-49-32-9-5-4-6-10-32)31-17-11-28(12-18-31)23-33(26(2)44)41-37(48)38(19-7-8-20-38)21-22-40-27(3)45/h4-6,9-18,25,33,35H,7-8,19-24H2,1-3H3,(H,40,45)(H,41,48). The minimum atomic E-state index is -0.766. The fourth-order valence-electron chi connectivity index (χ4n) is 6.83. The highest BCUT2D eigenvalue weighted by atomic mass is 35.5. The average Bonchev–Trinajstić information content (AvgIpc) is 3.67. The van der Waals surface area contributed by atoms with Gasteiger partial charge in [0.1, 0.15) is 18.0 Å². The summed E-state index contributed by atoms with van der Waals surface area (Å²) in [5.41, 5.74) is 1.47. The van der Waals surface area contributed by atoms with Crippen molar-refractivity contribution in [3.05, 3.63) is 95.0 Å². The summed E-state index contributed by atoms with van der Waals surface area (Å²) in [7, 11) is 0. The molecule has 0 aromatic heterocycles. The molecule has 5 rings (SSSR count). The van der Waals surface area contributed by atoms with Gasteiger partial charge in [-0.3, -0.25) is 28.9 Å². The van der Waals surface area contributed by atoms with E-state index < -0.39 is 23.7 Å². The number of para-hydroxylation sites is 1. The monoisotopic (exact) mass is 686 g/mol. The van der Waals surface area contributed by atoms with Crippen molar-refractivity contribution in [2.75, 3.05) is 18.1 Å². The third kappa shape index (κ3) is 8.31. The molecule has 1 saturated heterocycles. The van der Waals surface area contributed by atoms with Gasteiger partial charge in [0, 0.05) is 24.2 Å². The molecule has 3 atom stereocenters. The first kappa shape index (κ1) is 35.6. The fraction of sp³-hybridized carbons (Fsp3) is 0.395. The molecule has 258 valence electrons. The summed E-state index contributed by atoms with van der Waals surface area (Å²) in [5.74, 6) is -0.509. The van der Waals surface area contributed by atoms with Gasteiger partial charge in [-0.25, -0.2) is 0 Å². The van der Waals surface area contributed by atoms with Crippen molar-refractivity contribution >= 4 is 46.7 Å². The van der Waals surface area contributed by atoms with E-state index in [2.05, 4.69) is 10.6 Å². The van der Waals surface area contributed by atoms with Gasteiger partial charge >= 0.3 is 0 Å². The highest BCUT2D eigenvalue weighted by Gasteiger charge is 2.48. The minimum absolute atomic E-state index is 0.139. The van der Waals surface area contributed by atoms with Crippen LogP contribution in [0.5, 0.6) is 5.75 Å². The summed E-state index contributed by atoms with van der Waals surface area (Å²) in [6.45, 7) is 4.78. The van der Waals surface area contributed by atoms with Crippen LogP contribution in [0.4, 0.5) is 5.69 Å². The molecule has 1 aliphatic carbocycles. The molecule has 2 fully saturated rings. The molecule has 3 aromatic carbocycles. The summed E-state index contributed by atoms with van der Waals surface area (Å²) < 4.78 is 5.76. The number of amides is 4. The zero-order valence-electron chi connectivity index (χ0n) is 28.1. The number of ketones is 1. The summed E-state index contributed by atoms with van der Waals surface area (Å²) in [4.78, 5) is 68.4. The summed E-state index contributed by atoms with van der Waals surface area (Å²) >= 11 is 6.19. The highest BCUT2D eigenvalue weighted by molar-refractivity contribution is 6.30.